The number of ether oxygens (including phenoxy) is 2. The maximum Gasteiger partial charge on any atom is 0.266 e. The first-order valence-electron chi connectivity index (χ1n) is 7.78. The number of hydrogen-bond acceptors (Lipinski definition) is 4. The van der Waals surface area contributed by atoms with Crippen LogP contribution in [-0.4, -0.2) is 19.6 Å². The highest BCUT2D eigenvalue weighted by Crippen LogP contribution is 2.35. The van der Waals surface area contributed by atoms with Crippen LogP contribution in [-0.2, 0) is 4.79 Å². The van der Waals surface area contributed by atoms with Crippen LogP contribution in [0.2, 0.25) is 10.0 Å². The molecule has 2 aromatic carbocycles. The number of anilines is 1. The van der Waals surface area contributed by atoms with Crippen molar-refractivity contribution in [3.63, 3.8) is 0 Å². The molecule has 0 aromatic heterocycles. The Morgan fingerprint density at radius 2 is 2.07 bits per heavy atom. The lowest BCUT2D eigenvalue weighted by atomic mass is 10.1. The van der Waals surface area contributed by atoms with Crippen LogP contribution < -0.4 is 14.8 Å². The molecule has 8 heteroatoms. The van der Waals surface area contributed by atoms with Gasteiger partial charge >= 0.3 is 0 Å². The highest BCUT2D eigenvalue weighted by atomic mass is 79.9. The second-order valence-corrected chi connectivity index (χ2v) is 6.82. The highest BCUT2D eigenvalue weighted by molar-refractivity contribution is 9.10. The van der Waals surface area contributed by atoms with Crippen LogP contribution in [0.4, 0.5) is 5.69 Å². The van der Waals surface area contributed by atoms with Gasteiger partial charge in [0.25, 0.3) is 5.91 Å². The molecule has 2 aromatic rings. The number of rotatable bonds is 6. The average Bonchev–Trinajstić information content (AvgIpc) is 2.65. The number of hydrogen-bond donors (Lipinski definition) is 1. The fourth-order valence-corrected chi connectivity index (χ4v) is 2.97. The predicted molar refractivity (Wildman–Crippen MR) is 111 cm³/mol. The van der Waals surface area contributed by atoms with E-state index in [-0.39, 0.29) is 10.6 Å². The number of carbonyl (C=O) groups is 1. The third kappa shape index (κ3) is 5.16. The predicted octanol–water partition coefficient (Wildman–Crippen LogP) is 5.71. The summed E-state index contributed by atoms with van der Waals surface area (Å²) in [4.78, 5) is 12.5. The summed E-state index contributed by atoms with van der Waals surface area (Å²) < 4.78 is 11.4. The maximum absolute atomic E-state index is 12.5. The molecule has 0 saturated carbocycles. The Morgan fingerprint density at radius 3 is 2.70 bits per heavy atom. The SMILES string of the molecule is CCOc1cc(/C=C(/C#N)C(=O)Nc2cccc(Cl)c2Cl)c(Br)cc1OC. The maximum atomic E-state index is 12.5. The monoisotopic (exact) mass is 468 g/mol. The van der Waals surface area contributed by atoms with Crippen molar-refractivity contribution < 1.29 is 14.3 Å². The summed E-state index contributed by atoms with van der Waals surface area (Å²) in [6, 6.07) is 10.1. The quantitative estimate of drug-likeness (QED) is 0.434. The topological polar surface area (TPSA) is 71.3 Å². The number of methoxy groups -OCH3 is 1. The van der Waals surface area contributed by atoms with Crippen LogP contribution in [0.25, 0.3) is 6.08 Å². The minimum absolute atomic E-state index is 0.112. The van der Waals surface area contributed by atoms with Gasteiger partial charge in [-0.05, 0) is 42.8 Å². The second-order valence-electron chi connectivity index (χ2n) is 5.18. The number of nitriles is 1. The third-order valence-corrected chi connectivity index (χ3v) is 4.95. The molecule has 0 atom stereocenters. The van der Waals surface area contributed by atoms with Crippen LogP contribution in [0.1, 0.15) is 12.5 Å². The summed E-state index contributed by atoms with van der Waals surface area (Å²) in [5.41, 5.74) is 0.793. The Morgan fingerprint density at radius 1 is 1.33 bits per heavy atom. The number of halogens is 3. The van der Waals surface area contributed by atoms with E-state index in [9.17, 15) is 10.1 Å². The Hall–Kier alpha value is -2.20. The first-order chi connectivity index (χ1) is 12.9. The van der Waals surface area contributed by atoms with E-state index in [2.05, 4.69) is 21.2 Å². The smallest absolute Gasteiger partial charge is 0.266 e. The molecule has 0 saturated heterocycles. The first kappa shape index (κ1) is 21.1. The molecule has 0 spiro atoms. The van der Waals surface area contributed by atoms with Gasteiger partial charge < -0.3 is 14.8 Å². The Balaban J connectivity index is 2.37. The number of amides is 1. The average molecular weight is 470 g/mol. The van der Waals surface area contributed by atoms with E-state index in [0.29, 0.717) is 38.9 Å². The molecule has 140 valence electrons. The van der Waals surface area contributed by atoms with E-state index < -0.39 is 5.91 Å². The largest absolute Gasteiger partial charge is 0.493 e. The van der Waals surface area contributed by atoms with E-state index in [1.807, 2.05) is 13.0 Å². The van der Waals surface area contributed by atoms with Crippen LogP contribution in [0.3, 0.4) is 0 Å². The Labute approximate surface area is 175 Å². The van der Waals surface area contributed by atoms with Crippen LogP contribution in [0.15, 0.2) is 40.4 Å². The lowest BCUT2D eigenvalue weighted by Crippen LogP contribution is -2.13. The van der Waals surface area contributed by atoms with Crippen LogP contribution in [0.5, 0.6) is 11.5 Å². The molecular weight excluding hydrogens is 455 g/mol. The van der Waals surface area contributed by atoms with Crippen LogP contribution in [0, 0.1) is 11.3 Å². The molecule has 0 aliphatic heterocycles. The van der Waals surface area contributed by atoms with Gasteiger partial charge in [-0.3, -0.25) is 4.79 Å². The van der Waals surface area contributed by atoms with E-state index >= 15 is 0 Å². The van der Waals surface area contributed by atoms with Crippen molar-refractivity contribution in [3.05, 3.63) is 56.0 Å². The number of nitrogens with one attached hydrogen (secondary N) is 1. The summed E-state index contributed by atoms with van der Waals surface area (Å²) >= 11 is 15.4. The highest BCUT2D eigenvalue weighted by Gasteiger charge is 2.15. The van der Waals surface area contributed by atoms with E-state index in [1.165, 1.54) is 13.2 Å². The fourth-order valence-electron chi connectivity index (χ4n) is 2.18. The second kappa shape index (κ2) is 9.65. The van der Waals surface area contributed by atoms with Gasteiger partial charge in [0.15, 0.2) is 11.5 Å². The molecule has 27 heavy (non-hydrogen) atoms. The van der Waals surface area contributed by atoms with Gasteiger partial charge in [-0.1, -0.05) is 45.2 Å². The normalized spacial score (nSPS) is 10.9. The molecule has 0 heterocycles. The van der Waals surface area contributed by atoms with Crippen molar-refractivity contribution in [1.82, 2.24) is 0 Å². The van der Waals surface area contributed by atoms with Gasteiger partial charge in [0.1, 0.15) is 11.6 Å². The van der Waals surface area contributed by atoms with Gasteiger partial charge in [-0.2, -0.15) is 5.26 Å². The minimum Gasteiger partial charge on any atom is -0.493 e. The summed E-state index contributed by atoms with van der Waals surface area (Å²) in [5, 5.41) is 12.5. The fraction of sp³-hybridized carbons (Fsp3) is 0.158. The molecule has 1 amide bonds. The van der Waals surface area contributed by atoms with Gasteiger partial charge in [-0.15, -0.1) is 0 Å². The minimum atomic E-state index is -0.609. The number of nitrogens with zero attached hydrogens (tertiary/aromatic N) is 1. The van der Waals surface area contributed by atoms with Gasteiger partial charge in [0, 0.05) is 4.47 Å². The van der Waals surface area contributed by atoms with Crippen molar-refractivity contribution >= 4 is 56.8 Å². The molecule has 2 rings (SSSR count). The Bertz CT molecular complexity index is 939. The molecule has 1 N–H and O–H groups in total. The molecule has 0 aliphatic carbocycles. The number of carbonyl (C=O) groups excluding carboxylic acids is 1. The molecule has 0 unspecified atom stereocenters. The van der Waals surface area contributed by atoms with Crippen LogP contribution >= 0.6 is 39.1 Å². The van der Waals surface area contributed by atoms with Crippen molar-refractivity contribution in [2.75, 3.05) is 19.0 Å². The molecule has 0 fully saturated rings. The molecular formula is C19H15BrCl2N2O3. The zero-order chi connectivity index (χ0) is 20.0. The Kier molecular flexibility index (Phi) is 7.55. The van der Waals surface area contributed by atoms with Crippen molar-refractivity contribution in [3.8, 4) is 17.6 Å². The summed E-state index contributed by atoms with van der Waals surface area (Å²) in [7, 11) is 1.53. The molecule has 0 radical (unpaired) electrons. The summed E-state index contributed by atoms with van der Waals surface area (Å²) in [5.74, 6) is 0.432. The lowest BCUT2D eigenvalue weighted by molar-refractivity contribution is -0.112. The van der Waals surface area contributed by atoms with E-state index in [0.717, 1.165) is 0 Å². The lowest BCUT2D eigenvalue weighted by Gasteiger charge is -2.12. The van der Waals surface area contributed by atoms with Crippen molar-refractivity contribution in [1.29, 1.82) is 5.26 Å². The van der Waals surface area contributed by atoms with E-state index in [4.69, 9.17) is 32.7 Å². The van der Waals surface area contributed by atoms with Gasteiger partial charge in [0.2, 0.25) is 0 Å². The zero-order valence-corrected chi connectivity index (χ0v) is 17.6. The number of benzene rings is 2. The third-order valence-electron chi connectivity index (χ3n) is 3.45. The van der Waals surface area contributed by atoms with Gasteiger partial charge in [-0.25, -0.2) is 0 Å². The standard InChI is InChI=1S/C19H15BrCl2N2O3/c1-3-27-17-8-11(13(20)9-16(17)26-2)7-12(10-23)19(25)24-15-6-4-5-14(21)18(15)22/h4-9H,3H2,1-2H3,(H,24,25)/b12-7-. The van der Waals surface area contributed by atoms with Crippen molar-refractivity contribution in [2.45, 2.75) is 6.92 Å². The molecule has 0 aliphatic rings. The molecule has 0 bridgehead atoms. The zero-order valence-electron chi connectivity index (χ0n) is 14.5. The summed E-state index contributed by atoms with van der Waals surface area (Å²) in [6.45, 7) is 2.29. The first-order valence-corrected chi connectivity index (χ1v) is 9.33. The molecule has 5 nitrogen and oxygen atoms in total. The summed E-state index contributed by atoms with van der Waals surface area (Å²) in [6.07, 6.45) is 1.44. The van der Waals surface area contributed by atoms with Gasteiger partial charge in [0.05, 0.1) is 29.4 Å². The van der Waals surface area contributed by atoms with E-state index in [1.54, 1.807) is 30.3 Å². The van der Waals surface area contributed by atoms with Crippen molar-refractivity contribution in [2.24, 2.45) is 0 Å².